The predicted molar refractivity (Wildman–Crippen MR) is 57.5 cm³/mol. The van der Waals surface area contributed by atoms with Crippen molar-refractivity contribution in [2.75, 3.05) is 6.54 Å². The second-order valence-electron chi connectivity index (χ2n) is 4.04. The van der Waals surface area contributed by atoms with Crippen LogP contribution in [0.1, 0.15) is 40.5 Å². The van der Waals surface area contributed by atoms with E-state index in [0.717, 1.165) is 11.2 Å². The van der Waals surface area contributed by atoms with E-state index in [1.165, 1.54) is 19.4 Å². The molecule has 0 aliphatic carbocycles. The van der Waals surface area contributed by atoms with Crippen LogP contribution in [0.25, 0.3) is 0 Å². The van der Waals surface area contributed by atoms with Crippen molar-refractivity contribution in [3.8, 4) is 0 Å². The first-order chi connectivity index (χ1) is 5.60. The molecule has 1 aliphatic heterocycles. The minimum Gasteiger partial charge on any atom is -0.303 e. The molecule has 1 N–H and O–H groups in total. The molecule has 1 heterocycles. The zero-order valence-corrected chi connectivity index (χ0v) is 9.50. The molecular formula is C10H21NS. The van der Waals surface area contributed by atoms with Crippen molar-refractivity contribution in [3.63, 3.8) is 0 Å². The molecule has 1 rings (SSSR count). The molecule has 0 bridgehead atoms. The van der Waals surface area contributed by atoms with E-state index in [0.29, 0.717) is 4.87 Å². The summed E-state index contributed by atoms with van der Waals surface area (Å²) < 4.78 is 0. The van der Waals surface area contributed by atoms with Gasteiger partial charge >= 0.3 is 0 Å². The number of nitrogens with one attached hydrogen (secondary N) is 1. The molecule has 0 aromatic rings. The lowest BCUT2D eigenvalue weighted by atomic mass is 10.00. The highest BCUT2D eigenvalue weighted by Crippen LogP contribution is 2.40. The average molecular weight is 187 g/mol. The summed E-state index contributed by atoms with van der Waals surface area (Å²) in [6, 6.07) is 0. The standard InChI is InChI=1S/C10H21NS/c1-5-10(8(2)3)11-7-6-9(4)12-10/h8-9,11H,5-7H2,1-4H3. The Labute approximate surface area is 80.7 Å². The summed E-state index contributed by atoms with van der Waals surface area (Å²) in [5.74, 6) is 0.732. The Bertz CT molecular complexity index is 147. The van der Waals surface area contributed by atoms with Gasteiger partial charge in [0.2, 0.25) is 0 Å². The molecule has 2 unspecified atom stereocenters. The van der Waals surface area contributed by atoms with Crippen molar-refractivity contribution in [2.45, 2.75) is 50.7 Å². The summed E-state index contributed by atoms with van der Waals surface area (Å²) in [4.78, 5) is 0.359. The first kappa shape index (κ1) is 10.4. The van der Waals surface area contributed by atoms with Crippen molar-refractivity contribution >= 4 is 11.8 Å². The Balaban J connectivity index is 2.64. The van der Waals surface area contributed by atoms with Gasteiger partial charge in [-0.1, -0.05) is 27.7 Å². The van der Waals surface area contributed by atoms with Gasteiger partial charge in [-0.05, 0) is 25.3 Å². The second-order valence-corrected chi connectivity index (χ2v) is 5.81. The monoisotopic (exact) mass is 187 g/mol. The molecule has 1 saturated heterocycles. The van der Waals surface area contributed by atoms with Crippen LogP contribution >= 0.6 is 11.8 Å². The maximum absolute atomic E-state index is 3.68. The van der Waals surface area contributed by atoms with E-state index in [9.17, 15) is 0 Å². The van der Waals surface area contributed by atoms with Gasteiger partial charge in [0.1, 0.15) is 0 Å². The lowest BCUT2D eigenvalue weighted by Gasteiger charge is -2.43. The van der Waals surface area contributed by atoms with Gasteiger partial charge in [0.05, 0.1) is 4.87 Å². The van der Waals surface area contributed by atoms with Crippen LogP contribution < -0.4 is 5.32 Å². The molecule has 1 fully saturated rings. The largest absolute Gasteiger partial charge is 0.303 e. The van der Waals surface area contributed by atoms with Gasteiger partial charge in [-0.3, -0.25) is 0 Å². The Morgan fingerprint density at radius 2 is 2.25 bits per heavy atom. The zero-order valence-electron chi connectivity index (χ0n) is 8.68. The van der Waals surface area contributed by atoms with Gasteiger partial charge < -0.3 is 5.32 Å². The van der Waals surface area contributed by atoms with E-state index < -0.39 is 0 Å². The molecule has 0 radical (unpaired) electrons. The van der Waals surface area contributed by atoms with E-state index in [1.54, 1.807) is 0 Å². The predicted octanol–water partition coefficient (Wildman–Crippen LogP) is 2.86. The van der Waals surface area contributed by atoms with Crippen LogP contribution in [-0.2, 0) is 0 Å². The summed E-state index contributed by atoms with van der Waals surface area (Å²) in [7, 11) is 0. The van der Waals surface area contributed by atoms with Gasteiger partial charge in [-0.15, -0.1) is 11.8 Å². The first-order valence-corrected chi connectivity index (χ1v) is 5.91. The molecule has 72 valence electrons. The maximum Gasteiger partial charge on any atom is 0.0668 e. The Hall–Kier alpha value is 0.310. The fourth-order valence-electron chi connectivity index (χ4n) is 1.90. The lowest BCUT2D eigenvalue weighted by molar-refractivity contribution is 0.332. The van der Waals surface area contributed by atoms with Crippen molar-refractivity contribution in [1.29, 1.82) is 0 Å². The average Bonchev–Trinajstić information content (AvgIpc) is 2.04. The molecule has 12 heavy (non-hydrogen) atoms. The van der Waals surface area contributed by atoms with E-state index in [2.05, 4.69) is 44.8 Å². The molecule has 0 aromatic heterocycles. The third kappa shape index (κ3) is 1.97. The summed E-state index contributed by atoms with van der Waals surface area (Å²) in [5, 5.41) is 4.50. The van der Waals surface area contributed by atoms with Crippen LogP contribution in [0.2, 0.25) is 0 Å². The van der Waals surface area contributed by atoms with Gasteiger partial charge in [0.15, 0.2) is 0 Å². The summed E-state index contributed by atoms with van der Waals surface area (Å²) in [6.07, 6.45) is 2.55. The molecule has 1 nitrogen and oxygen atoms in total. The Morgan fingerprint density at radius 1 is 1.58 bits per heavy atom. The van der Waals surface area contributed by atoms with Gasteiger partial charge in [-0.25, -0.2) is 0 Å². The summed E-state index contributed by atoms with van der Waals surface area (Å²) >= 11 is 2.13. The third-order valence-electron chi connectivity index (χ3n) is 2.84. The van der Waals surface area contributed by atoms with E-state index in [-0.39, 0.29) is 0 Å². The normalized spacial score (nSPS) is 37.2. The van der Waals surface area contributed by atoms with Crippen LogP contribution in [0, 0.1) is 5.92 Å². The molecule has 0 aromatic carbocycles. The van der Waals surface area contributed by atoms with Crippen molar-refractivity contribution in [2.24, 2.45) is 5.92 Å². The van der Waals surface area contributed by atoms with Crippen molar-refractivity contribution in [3.05, 3.63) is 0 Å². The van der Waals surface area contributed by atoms with Crippen LogP contribution in [-0.4, -0.2) is 16.7 Å². The highest BCUT2D eigenvalue weighted by atomic mass is 32.2. The molecule has 2 heteroatoms. The fourth-order valence-corrected chi connectivity index (χ4v) is 3.48. The van der Waals surface area contributed by atoms with E-state index in [4.69, 9.17) is 0 Å². The number of hydrogen-bond donors (Lipinski definition) is 1. The highest BCUT2D eigenvalue weighted by molar-refractivity contribution is 8.01. The van der Waals surface area contributed by atoms with Gasteiger partial charge in [-0.2, -0.15) is 0 Å². The number of hydrogen-bond acceptors (Lipinski definition) is 2. The quantitative estimate of drug-likeness (QED) is 0.713. The smallest absolute Gasteiger partial charge is 0.0668 e. The molecule has 0 amide bonds. The molecule has 0 spiro atoms. The van der Waals surface area contributed by atoms with Crippen LogP contribution in [0.4, 0.5) is 0 Å². The van der Waals surface area contributed by atoms with Crippen LogP contribution in [0.5, 0.6) is 0 Å². The highest BCUT2D eigenvalue weighted by Gasteiger charge is 2.36. The van der Waals surface area contributed by atoms with Gasteiger partial charge in [0, 0.05) is 5.25 Å². The number of thioether (sulfide) groups is 1. The van der Waals surface area contributed by atoms with Gasteiger partial charge in [0.25, 0.3) is 0 Å². The van der Waals surface area contributed by atoms with E-state index >= 15 is 0 Å². The second kappa shape index (κ2) is 4.01. The lowest BCUT2D eigenvalue weighted by Crippen LogP contribution is -2.51. The summed E-state index contributed by atoms with van der Waals surface area (Å²) in [5.41, 5.74) is 0. The topological polar surface area (TPSA) is 12.0 Å². The zero-order chi connectivity index (χ0) is 9.19. The molecule has 2 atom stereocenters. The Morgan fingerprint density at radius 3 is 2.58 bits per heavy atom. The minimum atomic E-state index is 0.359. The first-order valence-electron chi connectivity index (χ1n) is 5.03. The van der Waals surface area contributed by atoms with Crippen LogP contribution in [0.15, 0.2) is 0 Å². The Kier molecular flexibility index (Phi) is 3.47. The molecular weight excluding hydrogens is 166 g/mol. The fraction of sp³-hybridized carbons (Fsp3) is 1.00. The minimum absolute atomic E-state index is 0.359. The molecule has 1 aliphatic rings. The molecule has 0 saturated carbocycles. The number of rotatable bonds is 2. The maximum atomic E-state index is 3.68. The summed E-state index contributed by atoms with van der Waals surface area (Å²) in [6.45, 7) is 10.5. The van der Waals surface area contributed by atoms with Crippen molar-refractivity contribution in [1.82, 2.24) is 5.32 Å². The van der Waals surface area contributed by atoms with Crippen molar-refractivity contribution < 1.29 is 0 Å². The van der Waals surface area contributed by atoms with E-state index in [1.807, 2.05) is 0 Å². The third-order valence-corrected chi connectivity index (χ3v) is 4.81. The SMILES string of the molecule is CCC1(C(C)C)NCCC(C)S1. The van der Waals surface area contributed by atoms with Crippen LogP contribution in [0.3, 0.4) is 0 Å².